The SMILES string of the molecule is O=c1[nH]c(Cl)c(F)c(=O)n1-c1ccc2sccc2c1. The maximum atomic E-state index is 13.5. The van der Waals surface area contributed by atoms with Crippen LogP contribution < -0.4 is 11.2 Å². The molecule has 2 aromatic heterocycles. The number of rotatable bonds is 1. The third-order valence-electron chi connectivity index (χ3n) is 2.70. The molecule has 0 bridgehead atoms. The van der Waals surface area contributed by atoms with Crippen LogP contribution in [0.15, 0.2) is 39.2 Å². The summed E-state index contributed by atoms with van der Waals surface area (Å²) < 4.78 is 15.2. The molecule has 19 heavy (non-hydrogen) atoms. The molecular weight excluding hydrogens is 291 g/mol. The fraction of sp³-hybridized carbons (Fsp3) is 0. The first kappa shape index (κ1) is 12.1. The summed E-state index contributed by atoms with van der Waals surface area (Å²) in [6.07, 6.45) is 0. The Hall–Kier alpha value is -1.92. The Morgan fingerprint density at radius 1 is 1.26 bits per heavy atom. The molecule has 0 aliphatic carbocycles. The van der Waals surface area contributed by atoms with E-state index in [0.717, 1.165) is 14.7 Å². The van der Waals surface area contributed by atoms with Gasteiger partial charge in [0.15, 0.2) is 5.15 Å². The molecule has 0 aliphatic rings. The molecule has 0 saturated heterocycles. The van der Waals surface area contributed by atoms with Crippen molar-refractivity contribution < 1.29 is 4.39 Å². The summed E-state index contributed by atoms with van der Waals surface area (Å²) in [6.45, 7) is 0. The van der Waals surface area contributed by atoms with Crippen LogP contribution in [-0.2, 0) is 0 Å². The average Bonchev–Trinajstić information content (AvgIpc) is 2.83. The monoisotopic (exact) mass is 296 g/mol. The van der Waals surface area contributed by atoms with Crippen LogP contribution in [0.25, 0.3) is 15.8 Å². The number of halogens is 2. The van der Waals surface area contributed by atoms with Crippen LogP contribution in [0, 0.1) is 5.82 Å². The Morgan fingerprint density at radius 3 is 2.84 bits per heavy atom. The minimum absolute atomic E-state index is 0.299. The molecule has 4 nitrogen and oxygen atoms in total. The van der Waals surface area contributed by atoms with Gasteiger partial charge in [-0.05, 0) is 35.0 Å². The minimum atomic E-state index is -1.17. The Labute approximate surface area is 114 Å². The molecule has 7 heteroatoms. The first-order valence-corrected chi connectivity index (χ1v) is 6.51. The van der Waals surface area contributed by atoms with Gasteiger partial charge in [-0.1, -0.05) is 11.6 Å². The van der Waals surface area contributed by atoms with Crippen LogP contribution in [0.3, 0.4) is 0 Å². The lowest BCUT2D eigenvalue weighted by Gasteiger charge is -2.05. The number of fused-ring (bicyclic) bond motifs is 1. The Balaban J connectivity index is 2.35. The zero-order chi connectivity index (χ0) is 13.6. The topological polar surface area (TPSA) is 54.9 Å². The second kappa shape index (κ2) is 4.32. The number of thiophene rings is 1. The number of nitrogens with zero attached hydrogens (tertiary/aromatic N) is 1. The first-order valence-electron chi connectivity index (χ1n) is 5.26. The lowest BCUT2D eigenvalue weighted by atomic mass is 10.2. The summed E-state index contributed by atoms with van der Waals surface area (Å²) in [7, 11) is 0. The van der Waals surface area contributed by atoms with E-state index in [0.29, 0.717) is 5.69 Å². The van der Waals surface area contributed by atoms with Gasteiger partial charge < -0.3 is 0 Å². The van der Waals surface area contributed by atoms with Gasteiger partial charge in [0.1, 0.15) is 0 Å². The Morgan fingerprint density at radius 2 is 2.05 bits per heavy atom. The lowest BCUT2D eigenvalue weighted by Crippen LogP contribution is -2.35. The quantitative estimate of drug-likeness (QED) is 0.702. The van der Waals surface area contributed by atoms with E-state index in [2.05, 4.69) is 4.98 Å². The van der Waals surface area contributed by atoms with Crippen LogP contribution in [0.1, 0.15) is 0 Å². The smallest absolute Gasteiger partial charge is 0.295 e. The molecule has 3 aromatic rings. The lowest BCUT2D eigenvalue weighted by molar-refractivity contribution is 0.584. The van der Waals surface area contributed by atoms with Gasteiger partial charge in [-0.2, -0.15) is 4.39 Å². The summed E-state index contributed by atoms with van der Waals surface area (Å²) in [5.41, 5.74) is -1.54. The molecule has 96 valence electrons. The average molecular weight is 297 g/mol. The van der Waals surface area contributed by atoms with Crippen LogP contribution in [-0.4, -0.2) is 9.55 Å². The molecule has 1 N–H and O–H groups in total. The van der Waals surface area contributed by atoms with Gasteiger partial charge in [0.2, 0.25) is 5.82 Å². The number of aromatic amines is 1. The first-order chi connectivity index (χ1) is 9.08. The highest BCUT2D eigenvalue weighted by Gasteiger charge is 2.13. The zero-order valence-corrected chi connectivity index (χ0v) is 10.9. The highest BCUT2D eigenvalue weighted by atomic mass is 35.5. The summed E-state index contributed by atoms with van der Waals surface area (Å²) in [5.74, 6) is -1.17. The predicted octanol–water partition coefficient (Wildman–Crippen LogP) is 2.53. The van der Waals surface area contributed by atoms with Gasteiger partial charge >= 0.3 is 5.69 Å². The van der Waals surface area contributed by atoms with Gasteiger partial charge in [0.05, 0.1) is 5.69 Å². The van der Waals surface area contributed by atoms with Gasteiger partial charge in [0.25, 0.3) is 5.56 Å². The van der Waals surface area contributed by atoms with E-state index < -0.39 is 22.2 Å². The molecule has 0 unspecified atom stereocenters. The minimum Gasteiger partial charge on any atom is -0.295 e. The van der Waals surface area contributed by atoms with Crippen molar-refractivity contribution in [3.63, 3.8) is 0 Å². The van der Waals surface area contributed by atoms with E-state index in [9.17, 15) is 14.0 Å². The van der Waals surface area contributed by atoms with Crippen molar-refractivity contribution in [2.24, 2.45) is 0 Å². The third kappa shape index (κ3) is 1.89. The Kier molecular flexibility index (Phi) is 2.76. The highest BCUT2D eigenvalue weighted by Crippen LogP contribution is 2.22. The third-order valence-corrected chi connectivity index (χ3v) is 3.86. The fourth-order valence-electron chi connectivity index (χ4n) is 1.82. The van der Waals surface area contributed by atoms with Crippen LogP contribution in [0.5, 0.6) is 0 Å². The summed E-state index contributed by atoms with van der Waals surface area (Å²) >= 11 is 6.95. The second-order valence-electron chi connectivity index (χ2n) is 3.84. The molecule has 0 radical (unpaired) electrons. The van der Waals surface area contributed by atoms with Crippen molar-refractivity contribution in [1.29, 1.82) is 0 Å². The van der Waals surface area contributed by atoms with Crippen molar-refractivity contribution in [3.05, 3.63) is 61.5 Å². The normalized spacial score (nSPS) is 11.1. The number of hydrogen-bond acceptors (Lipinski definition) is 3. The van der Waals surface area contributed by atoms with E-state index >= 15 is 0 Å². The molecular formula is C12H6ClFN2O2S. The van der Waals surface area contributed by atoms with E-state index in [1.807, 2.05) is 11.4 Å². The van der Waals surface area contributed by atoms with Crippen LogP contribution in [0.4, 0.5) is 4.39 Å². The van der Waals surface area contributed by atoms with Crippen molar-refractivity contribution in [3.8, 4) is 5.69 Å². The predicted molar refractivity (Wildman–Crippen MR) is 73.0 cm³/mol. The standard InChI is InChI=1S/C12H6ClFN2O2S/c13-10-9(14)11(17)16(12(18)15-10)7-1-2-8-6(5-7)3-4-19-8/h1-5H,(H,15,18). The van der Waals surface area contributed by atoms with E-state index in [4.69, 9.17) is 11.6 Å². The fourth-order valence-corrected chi connectivity index (χ4v) is 2.75. The molecule has 2 heterocycles. The molecule has 0 amide bonds. The van der Waals surface area contributed by atoms with Gasteiger partial charge in [0, 0.05) is 4.70 Å². The second-order valence-corrected chi connectivity index (χ2v) is 5.17. The van der Waals surface area contributed by atoms with Crippen molar-refractivity contribution in [2.75, 3.05) is 0 Å². The largest absolute Gasteiger partial charge is 0.334 e. The van der Waals surface area contributed by atoms with E-state index in [1.165, 1.54) is 11.3 Å². The Bertz CT molecular complexity index is 897. The maximum absolute atomic E-state index is 13.5. The number of aromatic nitrogens is 2. The number of hydrogen-bond donors (Lipinski definition) is 1. The van der Waals surface area contributed by atoms with Gasteiger partial charge in [-0.25, -0.2) is 9.36 Å². The molecule has 0 saturated carbocycles. The number of nitrogens with one attached hydrogen (secondary N) is 1. The van der Waals surface area contributed by atoms with Crippen LogP contribution >= 0.6 is 22.9 Å². The van der Waals surface area contributed by atoms with Crippen molar-refractivity contribution >= 4 is 33.0 Å². The number of H-pyrrole nitrogens is 1. The van der Waals surface area contributed by atoms with Gasteiger partial charge in [-0.15, -0.1) is 11.3 Å². The highest BCUT2D eigenvalue weighted by molar-refractivity contribution is 7.17. The molecule has 1 aromatic carbocycles. The van der Waals surface area contributed by atoms with Crippen LogP contribution in [0.2, 0.25) is 5.15 Å². The summed E-state index contributed by atoms with van der Waals surface area (Å²) in [6, 6.07) is 6.86. The molecule has 0 fully saturated rings. The number of benzene rings is 1. The maximum Gasteiger partial charge on any atom is 0.334 e. The van der Waals surface area contributed by atoms with Gasteiger partial charge in [-0.3, -0.25) is 9.78 Å². The summed E-state index contributed by atoms with van der Waals surface area (Å²) in [4.78, 5) is 25.6. The molecule has 0 spiro atoms. The molecule has 0 aliphatic heterocycles. The van der Waals surface area contributed by atoms with E-state index in [1.54, 1.807) is 18.2 Å². The molecule has 0 atom stereocenters. The zero-order valence-electron chi connectivity index (χ0n) is 9.31. The van der Waals surface area contributed by atoms with E-state index in [-0.39, 0.29) is 0 Å². The molecule has 3 rings (SSSR count). The summed E-state index contributed by atoms with van der Waals surface area (Å²) in [5, 5.41) is 2.19. The van der Waals surface area contributed by atoms with Crippen molar-refractivity contribution in [2.45, 2.75) is 0 Å². The van der Waals surface area contributed by atoms with Crippen molar-refractivity contribution in [1.82, 2.24) is 9.55 Å².